The predicted octanol–water partition coefficient (Wildman–Crippen LogP) is 1.24. The molecule has 0 fully saturated rings. The zero-order chi connectivity index (χ0) is 13.3. The van der Waals surface area contributed by atoms with E-state index in [0.717, 1.165) is 16.3 Å². The Kier molecular flexibility index (Phi) is 3.45. The molecule has 0 aliphatic rings. The Balaban J connectivity index is 2.19. The van der Waals surface area contributed by atoms with Gasteiger partial charge in [0.1, 0.15) is 0 Å². The zero-order valence-corrected chi connectivity index (χ0v) is 11.8. The van der Waals surface area contributed by atoms with Crippen LogP contribution in [0.2, 0.25) is 0 Å². The number of hydrogen-bond acceptors (Lipinski definition) is 6. The number of nitrogens with zero attached hydrogens (tertiary/aromatic N) is 5. The number of aliphatic hydroxyl groups is 1. The van der Waals surface area contributed by atoms with Gasteiger partial charge < -0.3 is 5.11 Å². The van der Waals surface area contributed by atoms with Crippen molar-refractivity contribution in [3.8, 4) is 0 Å². The molecule has 0 amide bonds. The van der Waals surface area contributed by atoms with Crippen LogP contribution in [0.25, 0.3) is 0 Å². The lowest BCUT2D eigenvalue weighted by Crippen LogP contribution is -2.16. The molecule has 0 aliphatic carbocycles. The molecule has 2 aromatic heterocycles. The molecule has 2 rings (SSSR count). The van der Waals surface area contributed by atoms with Crippen molar-refractivity contribution in [3.63, 3.8) is 0 Å². The third-order valence-electron chi connectivity index (χ3n) is 2.58. The summed E-state index contributed by atoms with van der Waals surface area (Å²) in [5.41, 5.74) is 1.49. The van der Waals surface area contributed by atoms with E-state index >= 15 is 0 Å². The van der Waals surface area contributed by atoms with E-state index in [-0.39, 0.29) is 5.41 Å². The Morgan fingerprint density at radius 2 is 2.11 bits per heavy atom. The molecule has 1 unspecified atom stereocenters. The highest BCUT2D eigenvalue weighted by atomic mass is 32.1. The summed E-state index contributed by atoms with van der Waals surface area (Å²) in [6.07, 6.45) is 1.60. The molecule has 0 radical (unpaired) electrons. The Morgan fingerprint density at radius 3 is 2.67 bits per heavy atom. The third kappa shape index (κ3) is 2.73. The van der Waals surface area contributed by atoms with Crippen LogP contribution in [0.15, 0.2) is 6.20 Å². The van der Waals surface area contributed by atoms with Crippen LogP contribution in [0.5, 0.6) is 0 Å². The van der Waals surface area contributed by atoms with Crippen molar-refractivity contribution in [2.75, 3.05) is 0 Å². The van der Waals surface area contributed by atoms with E-state index in [4.69, 9.17) is 0 Å². The molecule has 0 aliphatic heterocycles. The minimum atomic E-state index is -0.629. The van der Waals surface area contributed by atoms with E-state index < -0.39 is 6.10 Å². The van der Waals surface area contributed by atoms with Gasteiger partial charge in [-0.15, -0.1) is 10.2 Å². The predicted molar refractivity (Wildman–Crippen MR) is 68.3 cm³/mol. The quantitative estimate of drug-likeness (QED) is 0.905. The van der Waals surface area contributed by atoms with Crippen molar-refractivity contribution in [3.05, 3.63) is 22.5 Å². The molecule has 7 heteroatoms. The molecule has 1 atom stereocenters. The summed E-state index contributed by atoms with van der Waals surface area (Å²) in [4.78, 5) is 0.813. The topological polar surface area (TPSA) is 76.7 Å². The molecule has 0 saturated heterocycles. The van der Waals surface area contributed by atoms with Crippen molar-refractivity contribution in [2.45, 2.75) is 38.7 Å². The second-order valence-corrected chi connectivity index (χ2v) is 6.12. The first-order chi connectivity index (χ1) is 8.38. The monoisotopic (exact) mass is 267 g/mol. The molecule has 0 bridgehead atoms. The maximum atomic E-state index is 10.3. The third-order valence-corrected chi connectivity index (χ3v) is 3.40. The Hall–Kier alpha value is -1.34. The lowest BCUT2D eigenvalue weighted by Gasteiger charge is -2.18. The first-order valence-corrected chi connectivity index (χ1v) is 6.51. The molecular formula is C11H17N5OS. The van der Waals surface area contributed by atoms with E-state index in [9.17, 15) is 5.11 Å². The largest absolute Gasteiger partial charge is 0.387 e. The Morgan fingerprint density at radius 1 is 1.39 bits per heavy atom. The van der Waals surface area contributed by atoms with Gasteiger partial charge >= 0.3 is 0 Å². The molecule has 0 aromatic carbocycles. The molecule has 18 heavy (non-hydrogen) atoms. The number of aliphatic hydroxyl groups excluding tert-OH is 1. The van der Waals surface area contributed by atoms with Crippen LogP contribution in [0.4, 0.5) is 0 Å². The summed E-state index contributed by atoms with van der Waals surface area (Å²) in [6.45, 7) is 6.17. The maximum absolute atomic E-state index is 10.3. The van der Waals surface area contributed by atoms with Gasteiger partial charge in [-0.05, 0) is 11.5 Å². The highest BCUT2D eigenvalue weighted by molar-refractivity contribution is 7.05. The van der Waals surface area contributed by atoms with Crippen molar-refractivity contribution in [1.82, 2.24) is 24.6 Å². The summed E-state index contributed by atoms with van der Waals surface area (Å²) in [5, 5.41) is 22.2. The van der Waals surface area contributed by atoms with Crippen LogP contribution < -0.4 is 0 Å². The standard InChI is InChI=1S/C11H17N5OS/c1-11(2,3)10-9(18-15-13-10)8(17)5-7-6-16(4)14-12-7/h6,8,17H,5H2,1-4H3. The summed E-state index contributed by atoms with van der Waals surface area (Å²) in [6, 6.07) is 0. The van der Waals surface area contributed by atoms with Gasteiger partial charge in [-0.1, -0.05) is 30.5 Å². The van der Waals surface area contributed by atoms with Crippen LogP contribution in [0.3, 0.4) is 0 Å². The molecule has 0 spiro atoms. The highest BCUT2D eigenvalue weighted by Crippen LogP contribution is 2.31. The molecular weight excluding hydrogens is 250 g/mol. The second kappa shape index (κ2) is 4.74. The highest BCUT2D eigenvalue weighted by Gasteiger charge is 2.26. The average Bonchev–Trinajstić information content (AvgIpc) is 2.85. The number of aromatic nitrogens is 5. The lowest BCUT2D eigenvalue weighted by molar-refractivity contribution is 0.178. The van der Waals surface area contributed by atoms with Crippen molar-refractivity contribution in [2.24, 2.45) is 7.05 Å². The molecule has 2 aromatic rings. The summed E-state index contributed by atoms with van der Waals surface area (Å²) in [5.74, 6) is 0. The second-order valence-electron chi connectivity index (χ2n) is 5.34. The van der Waals surface area contributed by atoms with Crippen LogP contribution >= 0.6 is 11.5 Å². The SMILES string of the molecule is Cn1cc(CC(O)c2snnc2C(C)(C)C)nn1. The Bertz CT molecular complexity index is 528. The van der Waals surface area contributed by atoms with E-state index in [1.54, 1.807) is 17.9 Å². The molecule has 0 saturated carbocycles. The fourth-order valence-electron chi connectivity index (χ4n) is 1.72. The Labute approximate surface area is 110 Å². The normalized spacial score (nSPS) is 13.8. The molecule has 2 heterocycles. The summed E-state index contributed by atoms with van der Waals surface area (Å²) in [7, 11) is 1.80. The number of rotatable bonds is 3. The summed E-state index contributed by atoms with van der Waals surface area (Å²) < 4.78 is 5.57. The van der Waals surface area contributed by atoms with E-state index in [1.165, 1.54) is 11.5 Å². The zero-order valence-electron chi connectivity index (χ0n) is 11.0. The van der Waals surface area contributed by atoms with Gasteiger partial charge in [-0.25, -0.2) is 0 Å². The average molecular weight is 267 g/mol. The number of aryl methyl sites for hydroxylation is 1. The lowest BCUT2D eigenvalue weighted by atomic mass is 9.90. The minimum Gasteiger partial charge on any atom is -0.387 e. The van der Waals surface area contributed by atoms with Crippen molar-refractivity contribution >= 4 is 11.5 Å². The van der Waals surface area contributed by atoms with E-state index in [1.807, 2.05) is 0 Å². The number of hydrogen-bond donors (Lipinski definition) is 1. The van der Waals surface area contributed by atoms with Crippen LogP contribution in [-0.4, -0.2) is 29.7 Å². The van der Waals surface area contributed by atoms with E-state index in [2.05, 4.69) is 40.7 Å². The van der Waals surface area contributed by atoms with Crippen molar-refractivity contribution in [1.29, 1.82) is 0 Å². The first-order valence-electron chi connectivity index (χ1n) is 5.74. The van der Waals surface area contributed by atoms with Gasteiger partial charge in [0.25, 0.3) is 0 Å². The fraction of sp³-hybridized carbons (Fsp3) is 0.636. The van der Waals surface area contributed by atoms with Crippen LogP contribution in [0, 0.1) is 0 Å². The van der Waals surface area contributed by atoms with Gasteiger partial charge in [-0.2, -0.15) is 0 Å². The van der Waals surface area contributed by atoms with Gasteiger partial charge in [-0.3, -0.25) is 4.68 Å². The van der Waals surface area contributed by atoms with Gasteiger partial charge in [0.15, 0.2) is 0 Å². The smallest absolute Gasteiger partial charge is 0.0973 e. The maximum Gasteiger partial charge on any atom is 0.0973 e. The van der Waals surface area contributed by atoms with Crippen molar-refractivity contribution < 1.29 is 5.11 Å². The van der Waals surface area contributed by atoms with Crippen LogP contribution in [0.1, 0.15) is 43.1 Å². The molecule has 6 nitrogen and oxygen atoms in total. The minimum absolute atomic E-state index is 0.119. The van der Waals surface area contributed by atoms with Gasteiger partial charge in [0.2, 0.25) is 0 Å². The van der Waals surface area contributed by atoms with Crippen LogP contribution in [-0.2, 0) is 18.9 Å². The van der Waals surface area contributed by atoms with E-state index in [0.29, 0.717) is 6.42 Å². The molecule has 1 N–H and O–H groups in total. The fourth-order valence-corrected chi connectivity index (χ4v) is 2.56. The van der Waals surface area contributed by atoms with Gasteiger partial charge in [0, 0.05) is 25.1 Å². The molecule has 98 valence electrons. The first kappa shape index (κ1) is 13.1. The summed E-state index contributed by atoms with van der Waals surface area (Å²) >= 11 is 1.24. The van der Waals surface area contributed by atoms with Gasteiger partial charge in [0.05, 0.1) is 22.4 Å².